The summed E-state index contributed by atoms with van der Waals surface area (Å²) >= 11 is 0. The van der Waals surface area contributed by atoms with Gasteiger partial charge in [-0.2, -0.15) is 15.5 Å². The predicted octanol–water partition coefficient (Wildman–Crippen LogP) is -1.57. The molecule has 1 aliphatic heterocycles. The van der Waals surface area contributed by atoms with Crippen LogP contribution in [0.5, 0.6) is 0 Å². The van der Waals surface area contributed by atoms with Gasteiger partial charge in [0.1, 0.15) is 23.4 Å². The van der Waals surface area contributed by atoms with E-state index in [0.29, 0.717) is 0 Å². The number of aliphatic hydroxyl groups excluding tert-OH is 2. The maximum absolute atomic E-state index is 10.3. The smallest absolute Gasteiger partial charge is 0.270 e. The first-order chi connectivity index (χ1) is 10.4. The van der Waals surface area contributed by atoms with Crippen molar-refractivity contribution in [2.45, 2.75) is 24.9 Å². The summed E-state index contributed by atoms with van der Waals surface area (Å²) in [5, 5.41) is 50.4. The molecule has 0 aromatic carbocycles. The van der Waals surface area contributed by atoms with E-state index in [1.165, 1.54) is 19.2 Å². The van der Waals surface area contributed by atoms with Crippen molar-refractivity contribution in [2.24, 2.45) is 10.6 Å². The molecule has 0 radical (unpaired) electrons. The SMILES string of the molecule is C[C@]1(C#N)[C@H](n2ccc(N)n/c2=N\O)O[C@](C#N)(CO)[C@H]1O. The highest BCUT2D eigenvalue weighted by atomic mass is 16.6. The summed E-state index contributed by atoms with van der Waals surface area (Å²) in [6, 6.07) is 4.95. The van der Waals surface area contributed by atoms with Crippen LogP contribution < -0.4 is 11.4 Å². The van der Waals surface area contributed by atoms with Crippen molar-refractivity contribution < 1.29 is 20.2 Å². The van der Waals surface area contributed by atoms with E-state index in [9.17, 15) is 20.7 Å². The lowest BCUT2D eigenvalue weighted by atomic mass is 9.79. The van der Waals surface area contributed by atoms with E-state index in [0.717, 1.165) is 4.57 Å². The molecule has 10 nitrogen and oxygen atoms in total. The monoisotopic (exact) mass is 306 g/mol. The first-order valence-electron chi connectivity index (χ1n) is 6.20. The molecule has 4 atom stereocenters. The number of ether oxygens (including phenoxy) is 1. The highest BCUT2D eigenvalue weighted by molar-refractivity contribution is 5.26. The Hall–Kier alpha value is -2.66. The third-order valence-corrected chi connectivity index (χ3v) is 3.72. The largest absolute Gasteiger partial charge is 0.408 e. The van der Waals surface area contributed by atoms with Crippen LogP contribution in [0.3, 0.4) is 0 Å². The molecule has 0 aliphatic carbocycles. The van der Waals surface area contributed by atoms with Gasteiger partial charge >= 0.3 is 0 Å². The number of aromatic nitrogens is 2. The predicted molar refractivity (Wildman–Crippen MR) is 69.3 cm³/mol. The van der Waals surface area contributed by atoms with Gasteiger partial charge in [-0.05, 0) is 18.1 Å². The Bertz CT molecular complexity index is 734. The van der Waals surface area contributed by atoms with Gasteiger partial charge in [0.05, 0.1) is 12.7 Å². The molecule has 1 fully saturated rings. The second kappa shape index (κ2) is 5.27. The molecule has 0 amide bonds. The van der Waals surface area contributed by atoms with Crippen molar-refractivity contribution in [3.8, 4) is 12.1 Å². The third kappa shape index (κ3) is 1.98. The normalized spacial score (nSPS) is 35.0. The number of nitrogen functional groups attached to an aromatic ring is 1. The molecule has 5 N–H and O–H groups in total. The topological polar surface area (TPSA) is 174 Å². The average Bonchev–Trinajstić information content (AvgIpc) is 2.77. The van der Waals surface area contributed by atoms with Gasteiger partial charge in [-0.3, -0.25) is 4.57 Å². The fourth-order valence-electron chi connectivity index (χ4n) is 2.40. The highest BCUT2D eigenvalue weighted by Gasteiger charge is 2.63. The van der Waals surface area contributed by atoms with E-state index in [4.69, 9.17) is 15.7 Å². The molecule has 22 heavy (non-hydrogen) atoms. The minimum absolute atomic E-state index is 0.0648. The van der Waals surface area contributed by atoms with Gasteiger partial charge in [0.15, 0.2) is 6.23 Å². The molecule has 1 aromatic heterocycles. The quantitative estimate of drug-likeness (QED) is 0.374. The summed E-state index contributed by atoms with van der Waals surface area (Å²) < 4.78 is 6.61. The van der Waals surface area contributed by atoms with Crippen molar-refractivity contribution in [1.82, 2.24) is 9.55 Å². The summed E-state index contributed by atoms with van der Waals surface area (Å²) in [6.07, 6.45) is -1.48. The number of aliphatic hydroxyl groups is 2. The Kier molecular flexibility index (Phi) is 3.77. The van der Waals surface area contributed by atoms with Crippen LogP contribution in [0.4, 0.5) is 5.82 Å². The number of nitrogens with zero attached hydrogens (tertiary/aromatic N) is 5. The number of anilines is 1. The van der Waals surface area contributed by atoms with Crippen LogP contribution in [0, 0.1) is 28.1 Å². The lowest BCUT2D eigenvalue weighted by Gasteiger charge is -2.26. The molecule has 2 rings (SSSR count). The third-order valence-electron chi connectivity index (χ3n) is 3.72. The summed E-state index contributed by atoms with van der Waals surface area (Å²) in [5.74, 6) is 0.0648. The van der Waals surface area contributed by atoms with Crippen molar-refractivity contribution in [3.63, 3.8) is 0 Å². The van der Waals surface area contributed by atoms with Gasteiger partial charge < -0.3 is 25.9 Å². The van der Waals surface area contributed by atoms with E-state index in [-0.39, 0.29) is 11.4 Å². The molecule has 0 saturated carbocycles. The van der Waals surface area contributed by atoms with Crippen molar-refractivity contribution >= 4 is 5.82 Å². The van der Waals surface area contributed by atoms with Crippen LogP contribution >= 0.6 is 0 Å². The van der Waals surface area contributed by atoms with Gasteiger partial charge in [-0.25, -0.2) is 0 Å². The standard InChI is InChI=1S/C12H14N6O4/c1-11(4-13)8(20)12(5-14,6-19)22-9(11)18-3-2-7(15)16-10(18)17-21/h2-3,8-9,19-21H,6H2,1H3,(H2,15,16,17)/t8-,9+,11+,12+/m0/s1. The van der Waals surface area contributed by atoms with Gasteiger partial charge in [-0.15, -0.1) is 0 Å². The Labute approximate surface area is 124 Å². The lowest BCUT2D eigenvalue weighted by Crippen LogP contribution is -2.46. The molecule has 2 heterocycles. The van der Waals surface area contributed by atoms with Crippen LogP contribution in [0.1, 0.15) is 13.2 Å². The highest BCUT2D eigenvalue weighted by Crippen LogP contribution is 2.49. The second-order valence-electron chi connectivity index (χ2n) is 5.09. The van der Waals surface area contributed by atoms with E-state index >= 15 is 0 Å². The molecule has 116 valence electrons. The van der Waals surface area contributed by atoms with Gasteiger partial charge in [-0.1, -0.05) is 0 Å². The van der Waals surface area contributed by atoms with E-state index in [2.05, 4.69) is 10.1 Å². The number of hydrogen-bond acceptors (Lipinski definition) is 9. The minimum Gasteiger partial charge on any atom is -0.408 e. The molecule has 1 aliphatic rings. The molecule has 0 unspecified atom stereocenters. The second-order valence-corrected chi connectivity index (χ2v) is 5.09. The van der Waals surface area contributed by atoms with Gasteiger partial charge in [0, 0.05) is 6.20 Å². The summed E-state index contributed by atoms with van der Waals surface area (Å²) in [5.41, 5.74) is 1.65. The molecule has 0 spiro atoms. The van der Waals surface area contributed by atoms with Crippen molar-refractivity contribution in [2.75, 3.05) is 12.3 Å². The van der Waals surface area contributed by atoms with Gasteiger partial charge in [0.25, 0.3) is 5.62 Å². The van der Waals surface area contributed by atoms with Crippen LogP contribution in [-0.2, 0) is 4.74 Å². The Morgan fingerprint density at radius 2 is 2.23 bits per heavy atom. The Morgan fingerprint density at radius 1 is 1.55 bits per heavy atom. The molecule has 1 aromatic rings. The van der Waals surface area contributed by atoms with Crippen LogP contribution in [0.25, 0.3) is 0 Å². The number of hydrogen-bond donors (Lipinski definition) is 4. The fourth-order valence-corrected chi connectivity index (χ4v) is 2.40. The fraction of sp³-hybridized carbons (Fsp3) is 0.500. The number of nitrogens with two attached hydrogens (primary N) is 1. The summed E-state index contributed by atoms with van der Waals surface area (Å²) in [6.45, 7) is 0.550. The molecule has 10 heteroatoms. The Balaban J connectivity index is 2.66. The molecule has 0 bridgehead atoms. The zero-order chi connectivity index (χ0) is 16.5. The number of nitriles is 2. The van der Waals surface area contributed by atoms with Crippen LogP contribution in [0.15, 0.2) is 17.4 Å². The van der Waals surface area contributed by atoms with E-state index < -0.39 is 30.0 Å². The molecule has 1 saturated heterocycles. The summed E-state index contributed by atoms with van der Waals surface area (Å²) in [4.78, 5) is 3.77. The van der Waals surface area contributed by atoms with Crippen molar-refractivity contribution in [3.05, 3.63) is 17.9 Å². The van der Waals surface area contributed by atoms with Crippen LogP contribution in [-0.4, -0.2) is 43.3 Å². The van der Waals surface area contributed by atoms with E-state index in [1.807, 2.05) is 6.07 Å². The average molecular weight is 306 g/mol. The lowest BCUT2D eigenvalue weighted by molar-refractivity contribution is -0.0945. The number of rotatable bonds is 2. The van der Waals surface area contributed by atoms with E-state index in [1.54, 1.807) is 6.07 Å². The Morgan fingerprint density at radius 3 is 2.73 bits per heavy atom. The zero-order valence-corrected chi connectivity index (χ0v) is 11.6. The maximum Gasteiger partial charge on any atom is 0.270 e. The maximum atomic E-state index is 10.3. The first kappa shape index (κ1) is 15.7. The van der Waals surface area contributed by atoms with Gasteiger partial charge in [0.2, 0.25) is 5.60 Å². The van der Waals surface area contributed by atoms with Crippen LogP contribution in [0.2, 0.25) is 0 Å². The first-order valence-corrected chi connectivity index (χ1v) is 6.20. The molecular formula is C12H14N6O4. The minimum atomic E-state index is -1.98. The van der Waals surface area contributed by atoms with Crippen molar-refractivity contribution in [1.29, 1.82) is 10.5 Å². The summed E-state index contributed by atoms with van der Waals surface area (Å²) in [7, 11) is 0. The zero-order valence-electron chi connectivity index (χ0n) is 11.6. The molecular weight excluding hydrogens is 292 g/mol.